The zero-order valence-corrected chi connectivity index (χ0v) is 14.5. The van der Waals surface area contributed by atoms with E-state index in [1.807, 2.05) is 0 Å². The van der Waals surface area contributed by atoms with Gasteiger partial charge in [0.05, 0.1) is 10.8 Å². The van der Waals surface area contributed by atoms with Gasteiger partial charge in [-0.25, -0.2) is 17.2 Å². The van der Waals surface area contributed by atoms with Gasteiger partial charge in [0, 0.05) is 26.2 Å². The lowest BCUT2D eigenvalue weighted by atomic mass is 9.99. The molecule has 2 rings (SSSR count). The highest BCUT2D eigenvalue weighted by Gasteiger charge is 2.33. The predicted octanol–water partition coefficient (Wildman–Crippen LogP) is 0.862. The van der Waals surface area contributed by atoms with E-state index in [0.29, 0.717) is 32.0 Å². The summed E-state index contributed by atoms with van der Waals surface area (Å²) in [5.74, 6) is -3.06. The largest absolute Gasteiger partial charge is 0.355 e. The molecule has 1 aromatic rings. The summed E-state index contributed by atoms with van der Waals surface area (Å²) in [4.78, 5) is 11.6. The molecule has 10 heteroatoms. The minimum Gasteiger partial charge on any atom is -0.355 e. The minimum absolute atomic E-state index is 0. The van der Waals surface area contributed by atoms with E-state index in [4.69, 9.17) is 5.73 Å². The molecular formula is C14H20ClF2N3O3S. The molecule has 0 spiro atoms. The van der Waals surface area contributed by atoms with E-state index < -0.39 is 27.6 Å². The molecule has 6 nitrogen and oxygen atoms in total. The molecular weight excluding hydrogens is 364 g/mol. The Hall–Kier alpha value is -1.29. The molecule has 1 saturated heterocycles. The lowest BCUT2D eigenvalue weighted by Gasteiger charge is -2.31. The third-order valence-corrected chi connectivity index (χ3v) is 5.59. The van der Waals surface area contributed by atoms with Gasteiger partial charge in [-0.05, 0) is 31.0 Å². The van der Waals surface area contributed by atoms with E-state index in [1.165, 1.54) is 0 Å². The Balaban J connectivity index is 0.00000288. The molecule has 1 fully saturated rings. The molecule has 1 heterocycles. The van der Waals surface area contributed by atoms with Gasteiger partial charge in [0.1, 0.15) is 0 Å². The number of benzene rings is 1. The van der Waals surface area contributed by atoms with E-state index in [1.54, 1.807) is 0 Å². The molecule has 0 radical (unpaired) electrons. The Labute approximate surface area is 145 Å². The Kier molecular flexibility index (Phi) is 7.53. The van der Waals surface area contributed by atoms with Crippen LogP contribution in [0.2, 0.25) is 0 Å². The molecule has 1 unspecified atom stereocenters. The highest BCUT2D eigenvalue weighted by molar-refractivity contribution is 7.89. The lowest BCUT2D eigenvalue weighted by Crippen LogP contribution is -2.46. The van der Waals surface area contributed by atoms with Crippen molar-refractivity contribution >= 4 is 28.3 Å². The van der Waals surface area contributed by atoms with E-state index in [2.05, 4.69) is 5.32 Å². The van der Waals surface area contributed by atoms with Crippen molar-refractivity contribution in [3.8, 4) is 0 Å². The van der Waals surface area contributed by atoms with Crippen molar-refractivity contribution in [2.75, 3.05) is 26.2 Å². The van der Waals surface area contributed by atoms with Gasteiger partial charge in [0.25, 0.3) is 0 Å². The third-order valence-electron chi connectivity index (χ3n) is 3.73. The first-order chi connectivity index (χ1) is 10.9. The Morgan fingerprint density at radius 3 is 2.67 bits per heavy atom. The number of nitrogens with zero attached hydrogens (tertiary/aromatic N) is 1. The first kappa shape index (κ1) is 20.8. The molecule has 0 bridgehead atoms. The third kappa shape index (κ3) is 4.62. The van der Waals surface area contributed by atoms with Crippen LogP contribution < -0.4 is 11.1 Å². The van der Waals surface area contributed by atoms with Crippen LogP contribution >= 0.6 is 12.4 Å². The van der Waals surface area contributed by atoms with Crippen LogP contribution in [0.5, 0.6) is 0 Å². The monoisotopic (exact) mass is 383 g/mol. The highest BCUT2D eigenvalue weighted by atomic mass is 35.5. The molecule has 24 heavy (non-hydrogen) atoms. The summed E-state index contributed by atoms with van der Waals surface area (Å²) < 4.78 is 52.4. The summed E-state index contributed by atoms with van der Waals surface area (Å²) >= 11 is 0. The number of hydrogen-bond acceptors (Lipinski definition) is 4. The van der Waals surface area contributed by atoms with Crippen molar-refractivity contribution in [3.05, 3.63) is 29.8 Å². The zero-order valence-electron chi connectivity index (χ0n) is 12.9. The van der Waals surface area contributed by atoms with Crippen LogP contribution in [0, 0.1) is 17.6 Å². The van der Waals surface area contributed by atoms with Crippen LogP contribution in [0.3, 0.4) is 0 Å². The molecule has 1 aliphatic heterocycles. The van der Waals surface area contributed by atoms with Gasteiger partial charge in [0.15, 0.2) is 11.6 Å². The van der Waals surface area contributed by atoms with Crippen molar-refractivity contribution in [1.29, 1.82) is 0 Å². The maximum absolute atomic E-state index is 13.3. The number of halogens is 3. The van der Waals surface area contributed by atoms with Gasteiger partial charge in [0.2, 0.25) is 15.9 Å². The summed E-state index contributed by atoms with van der Waals surface area (Å²) in [6, 6.07) is 2.45. The summed E-state index contributed by atoms with van der Waals surface area (Å²) in [5, 5.41) is 2.64. The standard InChI is InChI=1S/C14H19F2N3O3S.ClH/c15-12-4-3-11(8-13(12)16)23(21,22)19-7-1-2-10(9-19)14(20)18-6-5-17;/h3-4,8,10H,1-2,5-7,9,17H2,(H,18,20);1H. The average Bonchev–Trinajstić information content (AvgIpc) is 2.55. The summed E-state index contributed by atoms with van der Waals surface area (Å²) in [6.45, 7) is 0.875. The van der Waals surface area contributed by atoms with E-state index in [0.717, 1.165) is 16.4 Å². The number of carbonyl (C=O) groups excluding carboxylic acids is 1. The van der Waals surface area contributed by atoms with Gasteiger partial charge < -0.3 is 11.1 Å². The molecule has 3 N–H and O–H groups in total. The number of piperidine rings is 1. The Morgan fingerprint density at radius 1 is 1.33 bits per heavy atom. The van der Waals surface area contributed by atoms with Crippen molar-refractivity contribution in [1.82, 2.24) is 9.62 Å². The number of sulfonamides is 1. The fraction of sp³-hybridized carbons (Fsp3) is 0.500. The van der Waals surface area contributed by atoms with E-state index in [-0.39, 0.29) is 36.3 Å². The first-order valence-electron chi connectivity index (χ1n) is 7.29. The zero-order chi connectivity index (χ0) is 17.0. The second-order valence-electron chi connectivity index (χ2n) is 5.36. The molecule has 1 aliphatic rings. The number of carbonyl (C=O) groups is 1. The van der Waals surface area contributed by atoms with Crippen molar-refractivity contribution in [3.63, 3.8) is 0 Å². The van der Waals surface area contributed by atoms with Gasteiger partial charge >= 0.3 is 0 Å². The highest BCUT2D eigenvalue weighted by Crippen LogP contribution is 2.24. The van der Waals surface area contributed by atoms with Gasteiger partial charge in [-0.3, -0.25) is 4.79 Å². The number of hydrogen-bond donors (Lipinski definition) is 2. The van der Waals surface area contributed by atoms with Crippen molar-refractivity contribution in [2.45, 2.75) is 17.7 Å². The molecule has 0 saturated carbocycles. The number of nitrogens with two attached hydrogens (primary N) is 1. The second-order valence-corrected chi connectivity index (χ2v) is 7.30. The first-order valence-corrected chi connectivity index (χ1v) is 8.73. The van der Waals surface area contributed by atoms with Gasteiger partial charge in [-0.2, -0.15) is 4.31 Å². The van der Waals surface area contributed by atoms with Crippen LogP contribution in [0.1, 0.15) is 12.8 Å². The average molecular weight is 384 g/mol. The lowest BCUT2D eigenvalue weighted by molar-refractivity contribution is -0.126. The van der Waals surface area contributed by atoms with Crippen LogP contribution in [-0.2, 0) is 14.8 Å². The fourth-order valence-corrected chi connectivity index (χ4v) is 4.04. The topological polar surface area (TPSA) is 92.5 Å². The smallest absolute Gasteiger partial charge is 0.243 e. The summed E-state index contributed by atoms with van der Waals surface area (Å²) in [7, 11) is -3.97. The normalized spacial score (nSPS) is 18.7. The molecule has 1 amide bonds. The van der Waals surface area contributed by atoms with Crippen molar-refractivity contribution in [2.24, 2.45) is 11.7 Å². The summed E-state index contributed by atoms with van der Waals surface area (Å²) in [6.07, 6.45) is 1.09. The van der Waals surface area contributed by atoms with Crippen LogP contribution in [-0.4, -0.2) is 44.8 Å². The molecule has 1 atom stereocenters. The SMILES string of the molecule is Cl.NCCNC(=O)C1CCCN(S(=O)(=O)c2ccc(F)c(F)c2)C1. The van der Waals surface area contributed by atoms with Gasteiger partial charge in [-0.1, -0.05) is 0 Å². The van der Waals surface area contributed by atoms with Crippen LogP contribution in [0.4, 0.5) is 8.78 Å². The van der Waals surface area contributed by atoms with Crippen LogP contribution in [0.25, 0.3) is 0 Å². The maximum Gasteiger partial charge on any atom is 0.243 e. The number of nitrogens with one attached hydrogen (secondary N) is 1. The Bertz CT molecular complexity index is 688. The second kappa shape index (κ2) is 8.70. The van der Waals surface area contributed by atoms with E-state index >= 15 is 0 Å². The predicted molar refractivity (Wildman–Crippen MR) is 87.2 cm³/mol. The number of rotatable bonds is 5. The molecule has 136 valence electrons. The molecule has 1 aromatic carbocycles. The Morgan fingerprint density at radius 2 is 2.04 bits per heavy atom. The summed E-state index contributed by atoms with van der Waals surface area (Å²) in [5.41, 5.74) is 5.32. The van der Waals surface area contributed by atoms with Crippen molar-refractivity contribution < 1.29 is 22.0 Å². The molecule has 0 aromatic heterocycles. The quantitative estimate of drug-likeness (QED) is 0.788. The van der Waals surface area contributed by atoms with Crippen LogP contribution in [0.15, 0.2) is 23.1 Å². The van der Waals surface area contributed by atoms with Gasteiger partial charge in [-0.15, -0.1) is 12.4 Å². The van der Waals surface area contributed by atoms with E-state index in [9.17, 15) is 22.0 Å². The fourth-order valence-electron chi connectivity index (χ4n) is 2.50. The minimum atomic E-state index is -3.97. The molecule has 0 aliphatic carbocycles. The number of amides is 1. The maximum atomic E-state index is 13.3.